The molecular weight excluding hydrogens is 408 g/mol. The summed E-state index contributed by atoms with van der Waals surface area (Å²) in [5.41, 5.74) is -0.0619. The van der Waals surface area contributed by atoms with E-state index in [1.54, 1.807) is 41.3 Å². The molecule has 4 heterocycles. The summed E-state index contributed by atoms with van der Waals surface area (Å²) in [7, 11) is 0. The molecule has 0 unspecified atom stereocenters. The first-order chi connectivity index (χ1) is 15.3. The summed E-state index contributed by atoms with van der Waals surface area (Å²) >= 11 is 0. The standard InChI is InChI=1S/C24H22N4O4/c1-13(2)19-22(31)27-17-10-6-4-8-15(17)24(32)11-18(21(30)28(19)23(24)27)26-12-25-16-9-5-3-7-14(16)20(26)29/h3-10,12-13,18-19,23,32H,11H2,1-2H3/t18-,19+,23+,24+/m0/s1. The molecule has 0 spiro atoms. The van der Waals surface area contributed by atoms with Gasteiger partial charge in [-0.25, -0.2) is 4.98 Å². The van der Waals surface area contributed by atoms with Crippen molar-refractivity contribution in [2.45, 2.75) is 44.1 Å². The Morgan fingerprint density at radius 2 is 1.75 bits per heavy atom. The van der Waals surface area contributed by atoms with Gasteiger partial charge in [-0.1, -0.05) is 44.2 Å². The number of carbonyl (C=O) groups excluding carboxylic acids is 2. The van der Waals surface area contributed by atoms with Gasteiger partial charge in [-0.3, -0.25) is 23.9 Å². The second-order valence-corrected chi connectivity index (χ2v) is 9.15. The first kappa shape index (κ1) is 19.2. The number of aromatic nitrogens is 2. The van der Waals surface area contributed by atoms with Crippen molar-refractivity contribution in [3.63, 3.8) is 0 Å². The van der Waals surface area contributed by atoms with Crippen molar-refractivity contribution in [2.75, 3.05) is 4.90 Å². The van der Waals surface area contributed by atoms with E-state index < -0.39 is 23.9 Å². The van der Waals surface area contributed by atoms with E-state index in [0.717, 1.165) is 0 Å². The molecule has 8 nitrogen and oxygen atoms in total. The molecule has 2 aromatic carbocycles. The van der Waals surface area contributed by atoms with Gasteiger partial charge in [0.15, 0.2) is 0 Å². The van der Waals surface area contributed by atoms with Gasteiger partial charge in [-0.05, 0) is 24.1 Å². The summed E-state index contributed by atoms with van der Waals surface area (Å²) in [4.78, 5) is 48.0. The van der Waals surface area contributed by atoms with E-state index in [1.165, 1.54) is 15.8 Å². The van der Waals surface area contributed by atoms with Gasteiger partial charge in [0.1, 0.15) is 23.9 Å². The molecule has 162 valence electrons. The van der Waals surface area contributed by atoms with Crippen LogP contribution in [0.1, 0.15) is 31.9 Å². The SMILES string of the molecule is CC(C)[C@@H]1C(=O)N2c3ccccc3[C@]3(O)C[C@H](n4cnc5ccccc5c4=O)C(=O)N1[C@@H]23. The largest absolute Gasteiger partial charge is 0.381 e. The van der Waals surface area contributed by atoms with Gasteiger partial charge < -0.3 is 10.0 Å². The zero-order valence-corrected chi connectivity index (χ0v) is 17.7. The lowest BCUT2D eigenvalue weighted by atomic mass is 9.81. The van der Waals surface area contributed by atoms with Crippen LogP contribution in [0.5, 0.6) is 0 Å². The Bertz CT molecular complexity index is 1370. The highest BCUT2D eigenvalue weighted by atomic mass is 16.3. The number of nitrogens with zero attached hydrogens (tertiary/aromatic N) is 4. The number of piperidine rings is 1. The number of hydrogen-bond acceptors (Lipinski definition) is 5. The van der Waals surface area contributed by atoms with Crippen LogP contribution in [-0.2, 0) is 15.2 Å². The van der Waals surface area contributed by atoms with Crippen LogP contribution in [-0.4, -0.2) is 43.6 Å². The molecule has 2 saturated heterocycles. The Hall–Kier alpha value is -3.52. The maximum absolute atomic E-state index is 13.8. The molecule has 4 atom stereocenters. The molecular formula is C24H22N4O4. The number of anilines is 1. The predicted molar refractivity (Wildman–Crippen MR) is 117 cm³/mol. The molecule has 2 amide bonds. The smallest absolute Gasteiger partial charge is 0.261 e. The van der Waals surface area contributed by atoms with Crippen LogP contribution >= 0.6 is 0 Å². The van der Waals surface area contributed by atoms with E-state index >= 15 is 0 Å². The maximum atomic E-state index is 13.8. The second kappa shape index (κ2) is 6.26. The summed E-state index contributed by atoms with van der Waals surface area (Å²) in [6, 6.07) is 12.5. The minimum absolute atomic E-state index is 0.0153. The molecule has 3 aliphatic heterocycles. The molecule has 3 aromatic rings. The van der Waals surface area contributed by atoms with Crippen LogP contribution in [0.25, 0.3) is 10.9 Å². The summed E-state index contributed by atoms with van der Waals surface area (Å²) in [6.45, 7) is 3.77. The molecule has 1 N–H and O–H groups in total. The van der Waals surface area contributed by atoms with Crippen molar-refractivity contribution < 1.29 is 14.7 Å². The molecule has 0 bridgehead atoms. The van der Waals surface area contributed by atoms with E-state index in [2.05, 4.69) is 4.98 Å². The van der Waals surface area contributed by atoms with Gasteiger partial charge in [-0.2, -0.15) is 0 Å². The van der Waals surface area contributed by atoms with Gasteiger partial charge >= 0.3 is 0 Å². The first-order valence-corrected chi connectivity index (χ1v) is 10.8. The fourth-order valence-electron chi connectivity index (χ4n) is 5.70. The van der Waals surface area contributed by atoms with Crippen LogP contribution in [0.3, 0.4) is 0 Å². The number of para-hydroxylation sites is 2. The van der Waals surface area contributed by atoms with Crippen molar-refractivity contribution in [3.05, 3.63) is 70.8 Å². The number of carbonyl (C=O) groups is 2. The molecule has 0 saturated carbocycles. The Labute approximate surface area is 183 Å². The van der Waals surface area contributed by atoms with Gasteiger partial charge in [0.25, 0.3) is 11.5 Å². The van der Waals surface area contributed by atoms with Crippen LogP contribution in [0.15, 0.2) is 59.7 Å². The number of benzene rings is 2. The fraction of sp³-hybridized carbons (Fsp3) is 0.333. The molecule has 6 rings (SSSR count). The Morgan fingerprint density at radius 1 is 1.03 bits per heavy atom. The molecule has 8 heteroatoms. The molecule has 0 radical (unpaired) electrons. The van der Waals surface area contributed by atoms with E-state index in [1.807, 2.05) is 26.0 Å². The highest BCUT2D eigenvalue weighted by Crippen LogP contribution is 2.55. The van der Waals surface area contributed by atoms with Crippen LogP contribution in [0, 0.1) is 5.92 Å². The van der Waals surface area contributed by atoms with Crippen LogP contribution < -0.4 is 10.5 Å². The number of fused-ring (bicyclic) bond motifs is 4. The molecule has 32 heavy (non-hydrogen) atoms. The quantitative estimate of drug-likeness (QED) is 0.669. The lowest BCUT2D eigenvalue weighted by molar-refractivity contribution is -0.160. The van der Waals surface area contributed by atoms with Gasteiger partial charge in [0, 0.05) is 12.0 Å². The monoisotopic (exact) mass is 430 g/mol. The fourth-order valence-corrected chi connectivity index (χ4v) is 5.70. The van der Waals surface area contributed by atoms with Gasteiger partial charge in [-0.15, -0.1) is 0 Å². The highest BCUT2D eigenvalue weighted by molar-refractivity contribution is 6.07. The van der Waals surface area contributed by atoms with Crippen LogP contribution in [0.4, 0.5) is 5.69 Å². The van der Waals surface area contributed by atoms with Crippen molar-refractivity contribution in [2.24, 2.45) is 5.92 Å². The van der Waals surface area contributed by atoms with Crippen molar-refractivity contribution in [1.29, 1.82) is 0 Å². The minimum Gasteiger partial charge on any atom is -0.381 e. The third-order valence-electron chi connectivity index (χ3n) is 7.06. The van der Waals surface area contributed by atoms with E-state index in [-0.39, 0.29) is 29.7 Å². The predicted octanol–water partition coefficient (Wildman–Crippen LogP) is 1.77. The lowest BCUT2D eigenvalue weighted by Gasteiger charge is -2.45. The maximum Gasteiger partial charge on any atom is 0.261 e. The molecule has 0 aliphatic carbocycles. The van der Waals surface area contributed by atoms with E-state index in [4.69, 9.17) is 0 Å². The third-order valence-corrected chi connectivity index (χ3v) is 7.06. The van der Waals surface area contributed by atoms with Crippen LogP contribution in [0.2, 0.25) is 0 Å². The first-order valence-electron chi connectivity index (χ1n) is 10.8. The number of aliphatic hydroxyl groups is 1. The lowest BCUT2D eigenvalue weighted by Crippen LogP contribution is -2.61. The normalized spacial score (nSPS) is 28.6. The summed E-state index contributed by atoms with van der Waals surface area (Å²) in [5.74, 6) is -0.703. The molecule has 2 fully saturated rings. The topological polar surface area (TPSA) is 95.7 Å². The van der Waals surface area contributed by atoms with Crippen molar-refractivity contribution in [1.82, 2.24) is 14.5 Å². The zero-order valence-electron chi connectivity index (χ0n) is 17.7. The van der Waals surface area contributed by atoms with Gasteiger partial charge in [0.2, 0.25) is 5.91 Å². The van der Waals surface area contributed by atoms with Crippen molar-refractivity contribution in [3.8, 4) is 0 Å². The summed E-state index contributed by atoms with van der Waals surface area (Å²) < 4.78 is 1.31. The Balaban J connectivity index is 1.58. The minimum atomic E-state index is -1.49. The van der Waals surface area contributed by atoms with Gasteiger partial charge in [0.05, 0.1) is 22.9 Å². The highest BCUT2D eigenvalue weighted by Gasteiger charge is 2.67. The molecule has 3 aliphatic rings. The average molecular weight is 430 g/mol. The Morgan fingerprint density at radius 3 is 2.53 bits per heavy atom. The summed E-state index contributed by atoms with van der Waals surface area (Å²) in [5, 5.41) is 12.4. The number of rotatable bonds is 2. The molecule has 1 aromatic heterocycles. The zero-order chi connectivity index (χ0) is 22.4. The van der Waals surface area contributed by atoms with Crippen molar-refractivity contribution >= 4 is 28.4 Å². The third kappa shape index (κ3) is 2.20. The summed E-state index contributed by atoms with van der Waals surface area (Å²) in [6.07, 6.45) is 0.545. The second-order valence-electron chi connectivity index (χ2n) is 9.15. The average Bonchev–Trinajstić information content (AvgIpc) is 3.24. The number of amides is 2. The number of hydrogen-bond donors (Lipinski definition) is 1. The van der Waals surface area contributed by atoms with E-state index in [9.17, 15) is 19.5 Å². The van der Waals surface area contributed by atoms with E-state index in [0.29, 0.717) is 22.2 Å². The Kier molecular flexibility index (Phi) is 3.75.